The van der Waals surface area contributed by atoms with E-state index >= 15 is 0 Å². The zero-order valence-corrected chi connectivity index (χ0v) is 20.1. The SMILES string of the molecule is CCc1noc(-c2ccc(CCNC(=NC)N3CC(C)(C)C3(C)C)cc2)n1.I. The monoisotopic (exact) mass is 497 g/mol. The minimum atomic E-state index is 0. The number of guanidine groups is 1. The summed E-state index contributed by atoms with van der Waals surface area (Å²) in [4.78, 5) is 11.2. The van der Waals surface area contributed by atoms with Gasteiger partial charge in [-0.15, -0.1) is 24.0 Å². The fourth-order valence-electron chi connectivity index (χ4n) is 3.34. The van der Waals surface area contributed by atoms with Crippen LogP contribution in [0.15, 0.2) is 33.8 Å². The molecule has 1 aliphatic rings. The summed E-state index contributed by atoms with van der Waals surface area (Å²) in [7, 11) is 1.85. The van der Waals surface area contributed by atoms with E-state index in [2.05, 4.69) is 65.2 Å². The first kappa shape index (κ1) is 22.6. The van der Waals surface area contributed by atoms with E-state index < -0.39 is 0 Å². The van der Waals surface area contributed by atoms with E-state index in [0.717, 1.165) is 43.3 Å². The molecular weight excluding hydrogens is 465 g/mol. The van der Waals surface area contributed by atoms with Crippen LogP contribution in [0.5, 0.6) is 0 Å². The zero-order chi connectivity index (χ0) is 19.7. The highest BCUT2D eigenvalue weighted by atomic mass is 127. The standard InChI is InChI=1S/C21H31N5O.HI/c1-7-17-24-18(27-25-17)16-10-8-15(9-11-16)12-13-23-19(22-6)26-14-20(2,3)21(26,4)5;/h8-11H,7,12-14H2,1-6H3,(H,22,23);1H. The average Bonchev–Trinajstić information content (AvgIpc) is 3.13. The van der Waals surface area contributed by atoms with Crippen LogP contribution < -0.4 is 5.32 Å². The van der Waals surface area contributed by atoms with Crippen molar-refractivity contribution in [2.24, 2.45) is 10.4 Å². The summed E-state index contributed by atoms with van der Waals surface area (Å²) in [5.74, 6) is 2.30. The van der Waals surface area contributed by atoms with Crippen molar-refractivity contribution in [3.05, 3.63) is 35.7 Å². The van der Waals surface area contributed by atoms with Crippen LogP contribution in [-0.2, 0) is 12.8 Å². The van der Waals surface area contributed by atoms with Crippen LogP contribution >= 0.6 is 24.0 Å². The molecule has 0 aliphatic carbocycles. The highest BCUT2D eigenvalue weighted by Crippen LogP contribution is 2.46. The highest BCUT2D eigenvalue weighted by molar-refractivity contribution is 14.0. The minimum Gasteiger partial charge on any atom is -0.356 e. The molecule has 2 heterocycles. The summed E-state index contributed by atoms with van der Waals surface area (Å²) in [6, 6.07) is 8.31. The molecule has 0 spiro atoms. The van der Waals surface area contributed by atoms with Crippen LogP contribution in [0.4, 0.5) is 0 Å². The first-order chi connectivity index (χ1) is 12.8. The summed E-state index contributed by atoms with van der Waals surface area (Å²) in [5, 5.41) is 7.46. The van der Waals surface area contributed by atoms with Crippen molar-refractivity contribution in [1.29, 1.82) is 0 Å². The van der Waals surface area contributed by atoms with Gasteiger partial charge in [0.15, 0.2) is 11.8 Å². The Balaban J connectivity index is 0.00000280. The normalized spacial score (nSPS) is 17.6. The van der Waals surface area contributed by atoms with Crippen LogP contribution in [0.3, 0.4) is 0 Å². The van der Waals surface area contributed by atoms with Gasteiger partial charge in [-0.05, 0) is 38.0 Å². The molecule has 0 radical (unpaired) electrons. The molecule has 0 bridgehead atoms. The number of hydrogen-bond donors (Lipinski definition) is 1. The van der Waals surface area contributed by atoms with E-state index in [0.29, 0.717) is 11.3 Å². The van der Waals surface area contributed by atoms with Crippen LogP contribution in [0, 0.1) is 5.41 Å². The molecule has 3 rings (SSSR count). The number of benzene rings is 1. The topological polar surface area (TPSA) is 66.6 Å². The van der Waals surface area contributed by atoms with Crippen molar-refractivity contribution < 1.29 is 4.52 Å². The first-order valence-corrected chi connectivity index (χ1v) is 9.68. The van der Waals surface area contributed by atoms with Crippen molar-refractivity contribution in [2.75, 3.05) is 20.1 Å². The molecule has 154 valence electrons. The van der Waals surface area contributed by atoms with Gasteiger partial charge >= 0.3 is 0 Å². The number of aryl methyl sites for hydroxylation is 1. The Bertz CT molecular complexity index is 810. The molecule has 1 aromatic heterocycles. The Labute approximate surface area is 185 Å². The molecule has 1 aliphatic heterocycles. The van der Waals surface area contributed by atoms with E-state index in [9.17, 15) is 0 Å². The second-order valence-corrected chi connectivity index (χ2v) is 8.32. The molecule has 1 saturated heterocycles. The van der Waals surface area contributed by atoms with Gasteiger partial charge < -0.3 is 14.7 Å². The lowest BCUT2D eigenvalue weighted by Gasteiger charge is -2.62. The van der Waals surface area contributed by atoms with Gasteiger partial charge in [0.2, 0.25) is 0 Å². The van der Waals surface area contributed by atoms with Gasteiger partial charge in [0, 0.05) is 43.1 Å². The lowest BCUT2D eigenvalue weighted by Crippen LogP contribution is -2.72. The Morgan fingerprint density at radius 2 is 1.89 bits per heavy atom. The summed E-state index contributed by atoms with van der Waals surface area (Å²) >= 11 is 0. The van der Waals surface area contributed by atoms with Crippen LogP contribution in [0.1, 0.15) is 46.0 Å². The fraction of sp³-hybridized carbons (Fsp3) is 0.571. The van der Waals surface area contributed by atoms with Crippen molar-refractivity contribution >= 4 is 29.9 Å². The van der Waals surface area contributed by atoms with Crippen molar-refractivity contribution in [2.45, 2.75) is 53.0 Å². The molecule has 6 nitrogen and oxygen atoms in total. The van der Waals surface area contributed by atoms with Gasteiger partial charge in [-0.3, -0.25) is 4.99 Å². The predicted molar refractivity (Wildman–Crippen MR) is 124 cm³/mol. The van der Waals surface area contributed by atoms with Gasteiger partial charge in [-0.2, -0.15) is 4.98 Å². The smallest absolute Gasteiger partial charge is 0.257 e. The van der Waals surface area contributed by atoms with Gasteiger partial charge in [0.1, 0.15) is 0 Å². The number of aromatic nitrogens is 2. The van der Waals surface area contributed by atoms with Crippen molar-refractivity contribution in [3.8, 4) is 11.5 Å². The van der Waals surface area contributed by atoms with Crippen LogP contribution in [0.25, 0.3) is 11.5 Å². The van der Waals surface area contributed by atoms with Gasteiger partial charge in [0.05, 0.1) is 0 Å². The molecule has 2 aromatic rings. The fourth-order valence-corrected chi connectivity index (χ4v) is 3.34. The van der Waals surface area contributed by atoms with E-state index in [-0.39, 0.29) is 29.5 Å². The second kappa shape index (κ2) is 8.80. The number of nitrogens with zero attached hydrogens (tertiary/aromatic N) is 4. The number of hydrogen-bond acceptors (Lipinski definition) is 4. The third kappa shape index (κ3) is 4.34. The molecule has 28 heavy (non-hydrogen) atoms. The lowest BCUT2D eigenvalue weighted by molar-refractivity contribution is -0.0666. The van der Waals surface area contributed by atoms with Crippen molar-refractivity contribution in [3.63, 3.8) is 0 Å². The molecule has 0 atom stereocenters. The second-order valence-electron chi connectivity index (χ2n) is 8.32. The van der Waals surface area contributed by atoms with Crippen LogP contribution in [0.2, 0.25) is 0 Å². The van der Waals surface area contributed by atoms with Gasteiger partial charge in [0.25, 0.3) is 5.89 Å². The average molecular weight is 497 g/mol. The number of halogens is 1. The van der Waals surface area contributed by atoms with E-state index in [4.69, 9.17) is 4.52 Å². The van der Waals surface area contributed by atoms with E-state index in [1.54, 1.807) is 0 Å². The molecule has 1 fully saturated rings. The summed E-state index contributed by atoms with van der Waals surface area (Å²) in [6.07, 6.45) is 1.71. The van der Waals surface area contributed by atoms with Gasteiger partial charge in [-0.1, -0.05) is 38.1 Å². The molecule has 7 heteroatoms. The Morgan fingerprint density at radius 3 is 2.39 bits per heavy atom. The maximum Gasteiger partial charge on any atom is 0.257 e. The maximum absolute atomic E-state index is 5.30. The molecule has 0 amide bonds. The summed E-state index contributed by atoms with van der Waals surface area (Å²) in [6.45, 7) is 13.1. The predicted octanol–water partition coefficient (Wildman–Crippen LogP) is 4.16. The largest absolute Gasteiger partial charge is 0.356 e. The number of nitrogens with one attached hydrogen (secondary N) is 1. The molecule has 1 aromatic carbocycles. The Kier molecular flexibility index (Phi) is 7.12. The van der Waals surface area contributed by atoms with Crippen LogP contribution in [-0.4, -0.2) is 46.7 Å². The Morgan fingerprint density at radius 1 is 1.21 bits per heavy atom. The number of aliphatic imine (C=N–C) groups is 1. The third-order valence-electron chi connectivity index (χ3n) is 6.03. The number of rotatable bonds is 5. The van der Waals surface area contributed by atoms with Gasteiger partial charge in [-0.25, -0.2) is 0 Å². The zero-order valence-electron chi connectivity index (χ0n) is 17.7. The molecule has 0 unspecified atom stereocenters. The highest BCUT2D eigenvalue weighted by Gasteiger charge is 2.53. The summed E-state index contributed by atoms with van der Waals surface area (Å²) < 4.78 is 5.30. The van der Waals surface area contributed by atoms with E-state index in [1.165, 1.54) is 5.56 Å². The summed E-state index contributed by atoms with van der Waals surface area (Å²) in [5.41, 5.74) is 2.63. The quantitative estimate of drug-likeness (QED) is 0.382. The first-order valence-electron chi connectivity index (χ1n) is 9.68. The van der Waals surface area contributed by atoms with E-state index in [1.807, 2.05) is 26.1 Å². The third-order valence-corrected chi connectivity index (χ3v) is 6.03. The molecular formula is C21H32IN5O. The molecule has 1 N–H and O–H groups in total. The lowest BCUT2D eigenvalue weighted by atomic mass is 9.65. The minimum absolute atomic E-state index is 0. The molecule has 0 saturated carbocycles. The maximum atomic E-state index is 5.30. The number of likely N-dealkylation sites (tertiary alicyclic amines) is 1. The Hall–Kier alpha value is -1.64. The van der Waals surface area contributed by atoms with Crippen molar-refractivity contribution in [1.82, 2.24) is 20.4 Å².